The highest BCUT2D eigenvalue weighted by Crippen LogP contribution is 2.17. The SMILES string of the molecule is CCOC(=O)Cc1cc(F)c(C#N)cc1CC. The molecule has 0 saturated carbocycles. The molecule has 0 aliphatic heterocycles. The van der Waals surface area contributed by atoms with Crippen LogP contribution in [-0.4, -0.2) is 12.6 Å². The molecular weight excluding hydrogens is 221 g/mol. The molecule has 4 heteroatoms. The first kappa shape index (κ1) is 13.2. The summed E-state index contributed by atoms with van der Waals surface area (Å²) in [6.45, 7) is 3.92. The number of esters is 1. The lowest BCUT2D eigenvalue weighted by Crippen LogP contribution is -2.10. The van der Waals surface area contributed by atoms with Crippen LogP contribution in [0.25, 0.3) is 0 Å². The first-order chi connectivity index (χ1) is 8.12. The van der Waals surface area contributed by atoms with E-state index in [1.807, 2.05) is 6.92 Å². The van der Waals surface area contributed by atoms with Gasteiger partial charge in [0.1, 0.15) is 11.9 Å². The van der Waals surface area contributed by atoms with Gasteiger partial charge in [0.15, 0.2) is 0 Å². The Morgan fingerprint density at radius 1 is 1.41 bits per heavy atom. The summed E-state index contributed by atoms with van der Waals surface area (Å²) in [6, 6.07) is 4.52. The van der Waals surface area contributed by atoms with Crippen molar-refractivity contribution in [3.05, 3.63) is 34.6 Å². The quantitative estimate of drug-likeness (QED) is 0.753. The third kappa shape index (κ3) is 3.28. The summed E-state index contributed by atoms with van der Waals surface area (Å²) in [5, 5.41) is 8.71. The summed E-state index contributed by atoms with van der Waals surface area (Å²) in [4.78, 5) is 11.3. The second-order valence-electron chi connectivity index (χ2n) is 3.55. The van der Waals surface area contributed by atoms with Crippen molar-refractivity contribution in [2.24, 2.45) is 0 Å². The number of carbonyl (C=O) groups is 1. The fourth-order valence-corrected chi connectivity index (χ4v) is 1.61. The van der Waals surface area contributed by atoms with Gasteiger partial charge in [-0.1, -0.05) is 6.92 Å². The van der Waals surface area contributed by atoms with Crippen LogP contribution in [0.2, 0.25) is 0 Å². The average molecular weight is 235 g/mol. The minimum Gasteiger partial charge on any atom is -0.466 e. The van der Waals surface area contributed by atoms with E-state index >= 15 is 0 Å². The smallest absolute Gasteiger partial charge is 0.310 e. The van der Waals surface area contributed by atoms with Crippen LogP contribution in [0.1, 0.15) is 30.5 Å². The Kier molecular flexibility index (Phi) is 4.65. The van der Waals surface area contributed by atoms with E-state index in [1.54, 1.807) is 13.0 Å². The molecule has 0 aliphatic carbocycles. The number of nitriles is 1. The molecule has 0 fully saturated rings. The van der Waals surface area contributed by atoms with E-state index in [4.69, 9.17) is 10.00 Å². The van der Waals surface area contributed by atoms with Gasteiger partial charge >= 0.3 is 5.97 Å². The Balaban J connectivity index is 3.03. The van der Waals surface area contributed by atoms with Crippen molar-refractivity contribution in [3.63, 3.8) is 0 Å². The number of nitrogens with zero attached hydrogens (tertiary/aromatic N) is 1. The maximum atomic E-state index is 13.4. The number of benzene rings is 1. The van der Waals surface area contributed by atoms with Crippen LogP contribution >= 0.6 is 0 Å². The van der Waals surface area contributed by atoms with Gasteiger partial charge in [-0.2, -0.15) is 5.26 Å². The fourth-order valence-electron chi connectivity index (χ4n) is 1.61. The molecule has 0 radical (unpaired) electrons. The molecule has 90 valence electrons. The molecule has 0 heterocycles. The minimum absolute atomic E-state index is 0.00876. The second kappa shape index (κ2) is 6.00. The first-order valence-corrected chi connectivity index (χ1v) is 5.49. The summed E-state index contributed by atoms with van der Waals surface area (Å²) in [5.41, 5.74) is 1.40. The number of aryl methyl sites for hydroxylation is 1. The standard InChI is InChI=1S/C13H14FNO2/c1-3-9-5-11(8-15)12(14)6-10(9)7-13(16)17-4-2/h5-6H,3-4,7H2,1-2H3. The molecular formula is C13H14FNO2. The van der Waals surface area contributed by atoms with Crippen LogP contribution in [0.4, 0.5) is 4.39 Å². The molecule has 0 unspecified atom stereocenters. The summed E-state index contributed by atoms with van der Waals surface area (Å²) < 4.78 is 18.2. The van der Waals surface area contributed by atoms with Crippen molar-refractivity contribution in [3.8, 4) is 6.07 Å². The molecule has 0 atom stereocenters. The van der Waals surface area contributed by atoms with E-state index in [9.17, 15) is 9.18 Å². The Labute approximate surface area is 99.8 Å². The Hall–Kier alpha value is -1.89. The highest BCUT2D eigenvalue weighted by atomic mass is 19.1. The highest BCUT2D eigenvalue weighted by Gasteiger charge is 2.12. The Morgan fingerprint density at radius 3 is 2.65 bits per heavy atom. The monoisotopic (exact) mass is 235 g/mol. The number of carbonyl (C=O) groups excluding carboxylic acids is 1. The molecule has 0 amide bonds. The van der Waals surface area contributed by atoms with Gasteiger partial charge in [0, 0.05) is 0 Å². The van der Waals surface area contributed by atoms with Crippen molar-refractivity contribution in [1.82, 2.24) is 0 Å². The van der Waals surface area contributed by atoms with Crippen LogP contribution in [0, 0.1) is 17.1 Å². The number of halogens is 1. The van der Waals surface area contributed by atoms with Crippen LogP contribution in [0.15, 0.2) is 12.1 Å². The van der Waals surface area contributed by atoms with Crippen LogP contribution in [-0.2, 0) is 22.4 Å². The predicted octanol–water partition coefficient (Wildman–Crippen LogP) is 2.37. The van der Waals surface area contributed by atoms with Crippen molar-refractivity contribution in [1.29, 1.82) is 5.26 Å². The number of rotatable bonds is 4. The molecule has 0 saturated heterocycles. The van der Waals surface area contributed by atoms with Gasteiger partial charge in [-0.25, -0.2) is 4.39 Å². The molecule has 1 aromatic carbocycles. The zero-order valence-corrected chi connectivity index (χ0v) is 9.92. The second-order valence-corrected chi connectivity index (χ2v) is 3.55. The van der Waals surface area contributed by atoms with Gasteiger partial charge in [0.2, 0.25) is 0 Å². The molecule has 1 rings (SSSR count). The lowest BCUT2D eigenvalue weighted by Gasteiger charge is -2.08. The van der Waals surface area contributed by atoms with E-state index in [1.165, 1.54) is 12.1 Å². The Bertz CT molecular complexity index is 463. The van der Waals surface area contributed by atoms with Crippen molar-refractivity contribution in [2.45, 2.75) is 26.7 Å². The van der Waals surface area contributed by atoms with Crippen LogP contribution < -0.4 is 0 Å². The topological polar surface area (TPSA) is 50.1 Å². The largest absolute Gasteiger partial charge is 0.466 e. The van der Waals surface area contributed by atoms with E-state index < -0.39 is 5.82 Å². The molecule has 1 aromatic rings. The summed E-state index contributed by atoms with van der Waals surface area (Å²) in [7, 11) is 0. The van der Waals surface area contributed by atoms with E-state index in [0.29, 0.717) is 18.6 Å². The highest BCUT2D eigenvalue weighted by molar-refractivity contribution is 5.73. The summed E-state index contributed by atoms with van der Waals surface area (Å²) in [6.07, 6.45) is 0.684. The van der Waals surface area contributed by atoms with Gasteiger partial charge in [0.25, 0.3) is 0 Å². The average Bonchev–Trinajstić information content (AvgIpc) is 2.29. The van der Waals surface area contributed by atoms with Crippen molar-refractivity contribution in [2.75, 3.05) is 6.61 Å². The molecule has 0 aromatic heterocycles. The summed E-state index contributed by atoms with van der Waals surface area (Å²) >= 11 is 0. The number of hydrogen-bond acceptors (Lipinski definition) is 3. The van der Waals surface area contributed by atoms with E-state index in [0.717, 1.165) is 5.56 Å². The molecule has 17 heavy (non-hydrogen) atoms. The van der Waals surface area contributed by atoms with E-state index in [2.05, 4.69) is 0 Å². The minimum atomic E-state index is -0.594. The third-order valence-electron chi connectivity index (χ3n) is 2.43. The molecule has 3 nitrogen and oxygen atoms in total. The lowest BCUT2D eigenvalue weighted by molar-refractivity contribution is -0.142. The number of ether oxygens (including phenoxy) is 1. The van der Waals surface area contributed by atoms with Gasteiger partial charge in [-0.05, 0) is 36.6 Å². The lowest BCUT2D eigenvalue weighted by atomic mass is 9.99. The van der Waals surface area contributed by atoms with E-state index in [-0.39, 0.29) is 18.0 Å². The fraction of sp³-hybridized carbons (Fsp3) is 0.385. The molecule has 0 bridgehead atoms. The zero-order chi connectivity index (χ0) is 12.8. The van der Waals surface area contributed by atoms with Gasteiger partial charge in [-0.15, -0.1) is 0 Å². The van der Waals surface area contributed by atoms with Gasteiger partial charge in [0.05, 0.1) is 18.6 Å². The normalized spacial score (nSPS) is 9.76. The maximum Gasteiger partial charge on any atom is 0.310 e. The van der Waals surface area contributed by atoms with Crippen LogP contribution in [0.5, 0.6) is 0 Å². The van der Waals surface area contributed by atoms with Crippen molar-refractivity contribution < 1.29 is 13.9 Å². The maximum absolute atomic E-state index is 13.4. The van der Waals surface area contributed by atoms with Crippen LogP contribution in [0.3, 0.4) is 0 Å². The molecule has 0 N–H and O–H groups in total. The molecule has 0 spiro atoms. The third-order valence-corrected chi connectivity index (χ3v) is 2.43. The number of hydrogen-bond donors (Lipinski definition) is 0. The predicted molar refractivity (Wildman–Crippen MR) is 60.8 cm³/mol. The van der Waals surface area contributed by atoms with Gasteiger partial charge < -0.3 is 4.74 Å². The first-order valence-electron chi connectivity index (χ1n) is 5.49. The van der Waals surface area contributed by atoms with Gasteiger partial charge in [-0.3, -0.25) is 4.79 Å². The zero-order valence-electron chi connectivity index (χ0n) is 9.92. The summed E-state index contributed by atoms with van der Waals surface area (Å²) in [5.74, 6) is -0.977. The van der Waals surface area contributed by atoms with Crippen molar-refractivity contribution >= 4 is 5.97 Å². The Morgan fingerprint density at radius 2 is 2.12 bits per heavy atom. The molecule has 0 aliphatic rings.